The first-order chi connectivity index (χ1) is 9.16. The van der Waals surface area contributed by atoms with Crippen molar-refractivity contribution in [1.29, 1.82) is 0 Å². The smallest absolute Gasteiger partial charge is 0.193 e. The molecule has 3 rings (SSSR count). The van der Waals surface area contributed by atoms with E-state index in [0.29, 0.717) is 6.61 Å². The Balaban J connectivity index is 1.98. The van der Waals surface area contributed by atoms with Crippen LogP contribution in [0.25, 0.3) is 0 Å². The van der Waals surface area contributed by atoms with Crippen molar-refractivity contribution < 1.29 is 4.74 Å². The Morgan fingerprint density at radius 2 is 2.05 bits per heavy atom. The van der Waals surface area contributed by atoms with E-state index in [1.807, 2.05) is 18.5 Å². The zero-order valence-electron chi connectivity index (χ0n) is 11.3. The van der Waals surface area contributed by atoms with Gasteiger partial charge in [0, 0.05) is 23.9 Å². The lowest BCUT2D eigenvalue weighted by molar-refractivity contribution is 0.234. The molecule has 0 bridgehead atoms. The fourth-order valence-electron chi connectivity index (χ4n) is 2.38. The molecule has 1 aromatic rings. The summed E-state index contributed by atoms with van der Waals surface area (Å²) < 4.78 is 5.80. The summed E-state index contributed by atoms with van der Waals surface area (Å²) in [5.41, 5.74) is 2.33. The minimum absolute atomic E-state index is 0.0153. The maximum atomic E-state index is 5.80. The van der Waals surface area contributed by atoms with Crippen LogP contribution >= 0.6 is 0 Å². The normalized spacial score (nSPS) is 28.0. The second kappa shape index (κ2) is 4.57. The van der Waals surface area contributed by atoms with Gasteiger partial charge in [-0.2, -0.15) is 0 Å². The van der Waals surface area contributed by atoms with Gasteiger partial charge in [-0.15, -0.1) is 0 Å². The summed E-state index contributed by atoms with van der Waals surface area (Å²) in [4.78, 5) is 4.24. The molecule has 1 saturated heterocycles. The van der Waals surface area contributed by atoms with Gasteiger partial charge < -0.3 is 10.1 Å². The van der Waals surface area contributed by atoms with Crippen LogP contribution in [0.5, 0.6) is 0 Å². The third kappa shape index (κ3) is 2.41. The summed E-state index contributed by atoms with van der Waals surface area (Å²) in [7, 11) is 0. The molecule has 0 amide bonds. The van der Waals surface area contributed by atoms with Crippen LogP contribution in [0.4, 0.5) is 0 Å². The molecule has 3 heteroatoms. The van der Waals surface area contributed by atoms with E-state index in [-0.39, 0.29) is 11.5 Å². The highest BCUT2D eigenvalue weighted by atomic mass is 16.5. The van der Waals surface area contributed by atoms with Gasteiger partial charge in [0.15, 0.2) is 5.88 Å². The first-order valence-electron chi connectivity index (χ1n) is 6.56. The second-order valence-electron chi connectivity index (χ2n) is 5.59. The van der Waals surface area contributed by atoms with E-state index >= 15 is 0 Å². The van der Waals surface area contributed by atoms with Crippen molar-refractivity contribution in [2.75, 3.05) is 6.61 Å². The summed E-state index contributed by atoms with van der Waals surface area (Å²) in [6.07, 6.45) is 5.84. The van der Waals surface area contributed by atoms with E-state index in [1.165, 1.54) is 5.56 Å². The Hall–Kier alpha value is -2.03. The van der Waals surface area contributed by atoms with Gasteiger partial charge in [0.05, 0.1) is 5.54 Å². The van der Waals surface area contributed by atoms with E-state index in [1.54, 1.807) is 0 Å². The van der Waals surface area contributed by atoms with Crippen LogP contribution in [-0.2, 0) is 4.74 Å². The van der Waals surface area contributed by atoms with Crippen LogP contribution in [0.1, 0.15) is 25.3 Å². The predicted octanol–water partition coefficient (Wildman–Crippen LogP) is 2.98. The number of hydrogen-bond donors (Lipinski definition) is 1. The van der Waals surface area contributed by atoms with E-state index in [2.05, 4.69) is 54.5 Å². The van der Waals surface area contributed by atoms with Gasteiger partial charge >= 0.3 is 0 Å². The molecule has 1 aromatic carbocycles. The average Bonchev–Trinajstić information content (AvgIpc) is 2.80. The van der Waals surface area contributed by atoms with Crippen molar-refractivity contribution in [2.24, 2.45) is 4.99 Å². The SMILES string of the molecule is CC1(C)COC(=C2C=NC=CC2c2ccccc2)N1. The molecular formula is C16H18N2O. The van der Waals surface area contributed by atoms with Crippen LogP contribution in [0.15, 0.2) is 59.1 Å². The van der Waals surface area contributed by atoms with E-state index in [9.17, 15) is 0 Å². The van der Waals surface area contributed by atoms with Crippen molar-refractivity contribution in [2.45, 2.75) is 25.3 Å². The molecule has 3 nitrogen and oxygen atoms in total. The highest BCUT2D eigenvalue weighted by molar-refractivity contribution is 5.84. The second-order valence-corrected chi connectivity index (χ2v) is 5.59. The molecule has 0 radical (unpaired) electrons. The maximum Gasteiger partial charge on any atom is 0.193 e. The minimum atomic E-state index is -0.0153. The number of nitrogens with one attached hydrogen (secondary N) is 1. The summed E-state index contributed by atoms with van der Waals surface area (Å²) in [6, 6.07) is 10.4. The molecule has 0 aromatic heterocycles. The average molecular weight is 254 g/mol. The van der Waals surface area contributed by atoms with Gasteiger partial charge in [-0.1, -0.05) is 36.4 Å². The Morgan fingerprint density at radius 1 is 1.26 bits per heavy atom. The van der Waals surface area contributed by atoms with Gasteiger partial charge in [0.1, 0.15) is 6.61 Å². The lowest BCUT2D eigenvalue weighted by atomic mass is 9.90. The molecule has 2 heterocycles. The summed E-state index contributed by atoms with van der Waals surface area (Å²) in [6.45, 7) is 4.95. The van der Waals surface area contributed by atoms with Crippen molar-refractivity contribution >= 4 is 6.21 Å². The van der Waals surface area contributed by atoms with Gasteiger partial charge in [-0.05, 0) is 19.4 Å². The Bertz CT molecular complexity index is 555. The number of benzene rings is 1. The van der Waals surface area contributed by atoms with Crippen LogP contribution in [0.3, 0.4) is 0 Å². The molecule has 2 aliphatic heterocycles. The van der Waals surface area contributed by atoms with Gasteiger partial charge in [-0.3, -0.25) is 4.99 Å². The first kappa shape index (κ1) is 12.0. The zero-order valence-corrected chi connectivity index (χ0v) is 11.3. The Labute approximate surface area is 113 Å². The molecule has 2 aliphatic rings. The number of aliphatic imine (C=N–C) groups is 1. The number of hydrogen-bond acceptors (Lipinski definition) is 3. The van der Waals surface area contributed by atoms with Crippen LogP contribution in [0, 0.1) is 0 Å². The van der Waals surface area contributed by atoms with Crippen molar-refractivity contribution in [3.05, 3.63) is 59.6 Å². The first-order valence-corrected chi connectivity index (χ1v) is 6.56. The topological polar surface area (TPSA) is 33.6 Å². The molecule has 1 atom stereocenters. The standard InChI is InChI=1S/C16H18N2O/c1-16(2)11-19-15(18-16)14-10-17-9-8-13(14)12-6-4-3-5-7-12/h3-10,13,18H,11H2,1-2H3. The summed E-state index contributed by atoms with van der Waals surface area (Å²) >= 11 is 0. The highest BCUT2D eigenvalue weighted by Crippen LogP contribution is 2.31. The third-order valence-corrected chi connectivity index (χ3v) is 3.36. The molecule has 0 spiro atoms. The molecular weight excluding hydrogens is 236 g/mol. The Morgan fingerprint density at radius 3 is 2.74 bits per heavy atom. The molecule has 19 heavy (non-hydrogen) atoms. The van der Waals surface area contributed by atoms with E-state index in [0.717, 1.165) is 11.5 Å². The number of ether oxygens (including phenoxy) is 1. The number of allylic oxidation sites excluding steroid dienone is 2. The molecule has 1 N–H and O–H groups in total. The number of nitrogens with zero attached hydrogens (tertiary/aromatic N) is 1. The van der Waals surface area contributed by atoms with Gasteiger partial charge in [0.2, 0.25) is 0 Å². The third-order valence-electron chi connectivity index (χ3n) is 3.36. The lowest BCUT2D eigenvalue weighted by Crippen LogP contribution is -2.34. The predicted molar refractivity (Wildman–Crippen MR) is 77.0 cm³/mol. The quantitative estimate of drug-likeness (QED) is 0.836. The van der Waals surface area contributed by atoms with Crippen molar-refractivity contribution in [3.8, 4) is 0 Å². The summed E-state index contributed by atoms with van der Waals surface area (Å²) in [5, 5.41) is 3.43. The van der Waals surface area contributed by atoms with Crippen LogP contribution < -0.4 is 5.32 Å². The van der Waals surface area contributed by atoms with E-state index < -0.39 is 0 Å². The van der Waals surface area contributed by atoms with Crippen molar-refractivity contribution in [3.63, 3.8) is 0 Å². The zero-order chi connectivity index (χ0) is 13.3. The summed E-state index contributed by atoms with van der Waals surface area (Å²) in [5.74, 6) is 1.06. The number of rotatable bonds is 1. The fraction of sp³-hybridized carbons (Fsp3) is 0.312. The highest BCUT2D eigenvalue weighted by Gasteiger charge is 2.31. The molecule has 1 unspecified atom stereocenters. The van der Waals surface area contributed by atoms with Crippen molar-refractivity contribution in [1.82, 2.24) is 5.32 Å². The van der Waals surface area contributed by atoms with E-state index in [4.69, 9.17) is 4.74 Å². The fourth-order valence-corrected chi connectivity index (χ4v) is 2.38. The van der Waals surface area contributed by atoms with Gasteiger partial charge in [0.25, 0.3) is 0 Å². The molecule has 98 valence electrons. The maximum absolute atomic E-state index is 5.80. The minimum Gasteiger partial charge on any atom is -0.476 e. The molecule has 0 saturated carbocycles. The monoisotopic (exact) mass is 254 g/mol. The molecule has 1 fully saturated rings. The Kier molecular flexibility index (Phi) is 2.90. The van der Waals surface area contributed by atoms with Crippen LogP contribution in [-0.4, -0.2) is 18.4 Å². The molecule has 0 aliphatic carbocycles. The van der Waals surface area contributed by atoms with Crippen LogP contribution in [0.2, 0.25) is 0 Å². The lowest BCUT2D eigenvalue weighted by Gasteiger charge is -2.19. The van der Waals surface area contributed by atoms with Gasteiger partial charge in [-0.25, -0.2) is 0 Å². The largest absolute Gasteiger partial charge is 0.476 e.